The van der Waals surface area contributed by atoms with Crippen LogP contribution < -0.4 is 0 Å². The van der Waals surface area contributed by atoms with E-state index in [-0.39, 0.29) is 17.7 Å². The predicted octanol–water partition coefficient (Wildman–Crippen LogP) is 4.37. The Hall–Kier alpha value is -1.82. The quantitative estimate of drug-likeness (QED) is 0.707. The summed E-state index contributed by atoms with van der Waals surface area (Å²) in [5, 5.41) is 0.957. The van der Waals surface area contributed by atoms with Crippen LogP contribution in [0.4, 0.5) is 0 Å². The van der Waals surface area contributed by atoms with Crippen LogP contribution in [-0.4, -0.2) is 47.8 Å². The first-order valence-corrected chi connectivity index (χ1v) is 10.6. The van der Waals surface area contributed by atoms with Crippen LogP contribution >= 0.6 is 15.9 Å². The molecule has 2 amide bonds. The van der Waals surface area contributed by atoms with Crippen LogP contribution in [-0.2, 0) is 4.79 Å². The van der Waals surface area contributed by atoms with Crippen LogP contribution in [0.3, 0.4) is 0 Å². The SMILES string of the molecule is Cc1c(C(=O)N2CCN(C(=O)C3CCCCC3)CC2)oc2ccc(Br)cc12. The van der Waals surface area contributed by atoms with Gasteiger partial charge in [0.15, 0.2) is 5.76 Å². The number of aryl methyl sites for hydroxylation is 1. The fraction of sp³-hybridized carbons (Fsp3) is 0.524. The van der Waals surface area contributed by atoms with Crippen LogP contribution in [0.5, 0.6) is 0 Å². The highest BCUT2D eigenvalue weighted by Crippen LogP contribution is 2.29. The van der Waals surface area contributed by atoms with Gasteiger partial charge in [-0.15, -0.1) is 0 Å². The fourth-order valence-corrected chi connectivity index (χ4v) is 4.64. The monoisotopic (exact) mass is 432 g/mol. The van der Waals surface area contributed by atoms with Crippen LogP contribution in [0.25, 0.3) is 11.0 Å². The second-order valence-corrected chi connectivity index (χ2v) is 8.56. The number of carbonyl (C=O) groups is 2. The molecule has 0 spiro atoms. The van der Waals surface area contributed by atoms with Crippen molar-refractivity contribution in [2.75, 3.05) is 26.2 Å². The maximum Gasteiger partial charge on any atom is 0.290 e. The summed E-state index contributed by atoms with van der Waals surface area (Å²) in [7, 11) is 0. The number of furan rings is 1. The molecule has 1 saturated carbocycles. The van der Waals surface area contributed by atoms with Gasteiger partial charge in [-0.3, -0.25) is 9.59 Å². The Balaban J connectivity index is 1.43. The number of hydrogen-bond acceptors (Lipinski definition) is 3. The standard InChI is InChI=1S/C21H25BrN2O3/c1-14-17-13-16(22)7-8-18(17)27-19(14)21(26)24-11-9-23(10-12-24)20(25)15-5-3-2-4-6-15/h7-8,13,15H,2-6,9-12H2,1H3. The first kappa shape index (κ1) is 18.5. The van der Waals surface area contributed by atoms with Crippen LogP contribution in [0.1, 0.15) is 48.2 Å². The lowest BCUT2D eigenvalue weighted by Crippen LogP contribution is -2.52. The minimum Gasteiger partial charge on any atom is -0.451 e. The molecule has 144 valence electrons. The molecule has 0 unspecified atom stereocenters. The minimum atomic E-state index is -0.0791. The zero-order chi connectivity index (χ0) is 19.0. The van der Waals surface area contributed by atoms with E-state index in [2.05, 4.69) is 15.9 Å². The Kier molecular flexibility index (Phi) is 5.26. The van der Waals surface area contributed by atoms with Gasteiger partial charge in [-0.2, -0.15) is 0 Å². The van der Waals surface area contributed by atoms with Crippen molar-refractivity contribution in [3.8, 4) is 0 Å². The average molecular weight is 433 g/mol. The molecule has 2 fully saturated rings. The lowest BCUT2D eigenvalue weighted by atomic mass is 9.88. The average Bonchev–Trinajstić information content (AvgIpc) is 3.04. The van der Waals surface area contributed by atoms with E-state index < -0.39 is 0 Å². The topological polar surface area (TPSA) is 53.8 Å². The highest BCUT2D eigenvalue weighted by molar-refractivity contribution is 9.10. The largest absolute Gasteiger partial charge is 0.451 e. The molecule has 5 nitrogen and oxygen atoms in total. The number of nitrogens with zero attached hydrogens (tertiary/aromatic N) is 2. The number of halogens is 1. The molecule has 2 aromatic rings. The Morgan fingerprint density at radius 1 is 1.04 bits per heavy atom. The van der Waals surface area contributed by atoms with E-state index in [0.29, 0.717) is 31.9 Å². The Morgan fingerprint density at radius 3 is 2.41 bits per heavy atom. The van der Waals surface area contributed by atoms with Crippen molar-refractivity contribution in [1.82, 2.24) is 9.80 Å². The van der Waals surface area contributed by atoms with Gasteiger partial charge in [0.25, 0.3) is 5.91 Å². The molecule has 6 heteroatoms. The van der Waals surface area contributed by atoms with Crippen molar-refractivity contribution < 1.29 is 14.0 Å². The van der Waals surface area contributed by atoms with E-state index in [4.69, 9.17) is 4.42 Å². The van der Waals surface area contributed by atoms with Crippen molar-refractivity contribution in [3.63, 3.8) is 0 Å². The van der Waals surface area contributed by atoms with E-state index in [0.717, 1.165) is 46.7 Å². The Morgan fingerprint density at radius 2 is 1.70 bits per heavy atom. The lowest BCUT2D eigenvalue weighted by Gasteiger charge is -2.36. The molecule has 1 aliphatic carbocycles. The van der Waals surface area contributed by atoms with Crippen molar-refractivity contribution in [2.24, 2.45) is 5.92 Å². The maximum atomic E-state index is 13.0. The third-order valence-corrected chi connectivity index (χ3v) is 6.42. The number of carbonyl (C=O) groups excluding carboxylic acids is 2. The first-order chi connectivity index (χ1) is 13.0. The smallest absolute Gasteiger partial charge is 0.290 e. The van der Waals surface area contributed by atoms with E-state index in [1.165, 1.54) is 6.42 Å². The van der Waals surface area contributed by atoms with Crippen molar-refractivity contribution in [3.05, 3.63) is 34.0 Å². The van der Waals surface area contributed by atoms with Crippen LogP contribution in [0.2, 0.25) is 0 Å². The number of hydrogen-bond donors (Lipinski definition) is 0. The molecule has 1 aliphatic heterocycles. The van der Waals surface area contributed by atoms with Gasteiger partial charge in [-0.25, -0.2) is 0 Å². The first-order valence-electron chi connectivity index (χ1n) is 9.81. The van der Waals surface area contributed by atoms with E-state index >= 15 is 0 Å². The molecule has 0 bridgehead atoms. The molecule has 2 aliphatic rings. The molecule has 27 heavy (non-hydrogen) atoms. The van der Waals surface area contributed by atoms with E-state index in [1.807, 2.05) is 34.9 Å². The van der Waals surface area contributed by atoms with Gasteiger partial charge in [-0.1, -0.05) is 35.2 Å². The molecule has 0 atom stereocenters. The molecule has 2 heterocycles. The van der Waals surface area contributed by atoms with Gasteiger partial charge in [-0.05, 0) is 38.0 Å². The Bertz CT molecular complexity index is 862. The lowest BCUT2D eigenvalue weighted by molar-refractivity contribution is -0.138. The molecule has 0 radical (unpaired) electrons. The zero-order valence-electron chi connectivity index (χ0n) is 15.7. The van der Waals surface area contributed by atoms with Gasteiger partial charge in [0.1, 0.15) is 5.58 Å². The molecule has 0 N–H and O–H groups in total. The van der Waals surface area contributed by atoms with Crippen molar-refractivity contribution in [2.45, 2.75) is 39.0 Å². The van der Waals surface area contributed by atoms with Gasteiger partial charge in [0.05, 0.1) is 0 Å². The summed E-state index contributed by atoms with van der Waals surface area (Å²) < 4.78 is 6.81. The van der Waals surface area contributed by atoms with Crippen LogP contribution in [0.15, 0.2) is 27.1 Å². The van der Waals surface area contributed by atoms with Gasteiger partial charge >= 0.3 is 0 Å². The molecule has 4 rings (SSSR count). The third kappa shape index (κ3) is 3.64. The molecule has 1 aromatic heterocycles. The normalized spacial score (nSPS) is 18.9. The summed E-state index contributed by atoms with van der Waals surface area (Å²) in [6.45, 7) is 4.29. The number of amides is 2. The second-order valence-electron chi connectivity index (χ2n) is 7.65. The fourth-order valence-electron chi connectivity index (χ4n) is 4.28. The van der Waals surface area contributed by atoms with Gasteiger partial charge in [0.2, 0.25) is 5.91 Å². The zero-order valence-corrected chi connectivity index (χ0v) is 17.3. The summed E-state index contributed by atoms with van der Waals surface area (Å²) in [5.74, 6) is 0.809. The van der Waals surface area contributed by atoms with E-state index in [1.54, 1.807) is 0 Å². The predicted molar refractivity (Wildman–Crippen MR) is 108 cm³/mol. The van der Waals surface area contributed by atoms with Crippen molar-refractivity contribution >= 4 is 38.7 Å². The summed E-state index contributed by atoms with van der Waals surface area (Å²) in [6.07, 6.45) is 5.61. The summed E-state index contributed by atoms with van der Waals surface area (Å²) >= 11 is 3.47. The molecular weight excluding hydrogens is 408 g/mol. The summed E-state index contributed by atoms with van der Waals surface area (Å²) in [6, 6.07) is 5.77. The van der Waals surface area contributed by atoms with E-state index in [9.17, 15) is 9.59 Å². The highest BCUT2D eigenvalue weighted by atomic mass is 79.9. The number of fused-ring (bicyclic) bond motifs is 1. The third-order valence-electron chi connectivity index (χ3n) is 5.93. The number of piperazine rings is 1. The highest BCUT2D eigenvalue weighted by Gasteiger charge is 2.31. The van der Waals surface area contributed by atoms with Crippen molar-refractivity contribution in [1.29, 1.82) is 0 Å². The molecule has 1 aromatic carbocycles. The number of rotatable bonds is 2. The summed E-state index contributed by atoms with van der Waals surface area (Å²) in [5.41, 5.74) is 1.60. The number of benzene rings is 1. The second kappa shape index (κ2) is 7.66. The molecule has 1 saturated heterocycles. The minimum absolute atomic E-state index is 0.0791. The Labute approximate surface area is 167 Å². The van der Waals surface area contributed by atoms with Crippen LogP contribution in [0, 0.1) is 12.8 Å². The van der Waals surface area contributed by atoms with Gasteiger partial charge < -0.3 is 14.2 Å². The maximum absolute atomic E-state index is 13.0. The van der Waals surface area contributed by atoms with Gasteiger partial charge in [0, 0.05) is 47.5 Å². The molecular formula is C21H25BrN2O3. The summed E-state index contributed by atoms with van der Waals surface area (Å²) in [4.78, 5) is 29.4.